The fraction of sp³-hybridized carbons (Fsp3) is 0. The zero-order valence-corrected chi connectivity index (χ0v) is 11.6. The Morgan fingerprint density at radius 3 is 2.59 bits per heavy atom. The average Bonchev–Trinajstić information content (AvgIpc) is 2.54. The maximum Gasteiger partial charge on any atom is 0.328 e. The van der Waals surface area contributed by atoms with Gasteiger partial charge in [0.15, 0.2) is 5.75 Å². The standard InChI is InChI=1S/C18H13NO3/c20-17(21)12-11-14-10-9-13-5-4-8-16(18(13)19-14)22-15-6-2-1-3-7-15/h1-12H,(H,20,21)/b12-11+. The van der Waals surface area contributed by atoms with Crippen LogP contribution in [-0.2, 0) is 4.79 Å². The Morgan fingerprint density at radius 2 is 1.82 bits per heavy atom. The first-order valence-electron chi connectivity index (χ1n) is 6.76. The molecule has 0 radical (unpaired) electrons. The molecule has 4 nitrogen and oxygen atoms in total. The van der Waals surface area contributed by atoms with Crippen LogP contribution in [0.1, 0.15) is 5.69 Å². The van der Waals surface area contributed by atoms with Gasteiger partial charge in [0, 0.05) is 11.5 Å². The van der Waals surface area contributed by atoms with Crippen molar-refractivity contribution in [2.24, 2.45) is 0 Å². The number of nitrogens with zero attached hydrogens (tertiary/aromatic N) is 1. The number of carbonyl (C=O) groups is 1. The van der Waals surface area contributed by atoms with Crippen molar-refractivity contribution in [1.29, 1.82) is 0 Å². The molecule has 0 aliphatic rings. The molecule has 0 aliphatic heterocycles. The number of rotatable bonds is 4. The van der Waals surface area contributed by atoms with Gasteiger partial charge < -0.3 is 9.84 Å². The van der Waals surface area contributed by atoms with E-state index in [1.807, 2.05) is 54.6 Å². The number of aromatic nitrogens is 1. The monoisotopic (exact) mass is 291 g/mol. The van der Waals surface area contributed by atoms with Gasteiger partial charge in [0.25, 0.3) is 0 Å². The molecular weight excluding hydrogens is 278 g/mol. The first-order chi connectivity index (χ1) is 10.7. The number of fused-ring (bicyclic) bond motifs is 1. The molecule has 0 aliphatic carbocycles. The molecule has 0 amide bonds. The summed E-state index contributed by atoms with van der Waals surface area (Å²) >= 11 is 0. The number of hydrogen-bond acceptors (Lipinski definition) is 3. The van der Waals surface area contributed by atoms with E-state index in [2.05, 4.69) is 4.98 Å². The smallest absolute Gasteiger partial charge is 0.328 e. The summed E-state index contributed by atoms with van der Waals surface area (Å²) in [4.78, 5) is 15.1. The highest BCUT2D eigenvalue weighted by molar-refractivity contribution is 5.88. The minimum atomic E-state index is -1.00. The van der Waals surface area contributed by atoms with Crippen LogP contribution in [0.25, 0.3) is 17.0 Å². The normalized spacial score (nSPS) is 10.9. The molecule has 0 saturated carbocycles. The molecule has 22 heavy (non-hydrogen) atoms. The lowest BCUT2D eigenvalue weighted by Crippen LogP contribution is -1.91. The summed E-state index contributed by atoms with van der Waals surface area (Å²) in [5, 5.41) is 9.63. The van der Waals surface area contributed by atoms with Crippen molar-refractivity contribution in [3.63, 3.8) is 0 Å². The predicted octanol–water partition coefficient (Wildman–Crippen LogP) is 4.12. The molecule has 0 bridgehead atoms. The van der Waals surface area contributed by atoms with Crippen molar-refractivity contribution in [2.75, 3.05) is 0 Å². The van der Waals surface area contributed by atoms with E-state index < -0.39 is 5.97 Å². The molecule has 1 N–H and O–H groups in total. The minimum absolute atomic E-state index is 0.569. The molecule has 1 aromatic heterocycles. The number of aliphatic carboxylic acids is 1. The second-order valence-corrected chi connectivity index (χ2v) is 4.65. The van der Waals surface area contributed by atoms with Gasteiger partial charge in [0.05, 0.1) is 5.69 Å². The van der Waals surface area contributed by atoms with Gasteiger partial charge in [-0.05, 0) is 30.3 Å². The third kappa shape index (κ3) is 3.12. The summed E-state index contributed by atoms with van der Waals surface area (Å²) in [6, 6.07) is 18.8. The van der Waals surface area contributed by atoms with Crippen LogP contribution in [0.2, 0.25) is 0 Å². The van der Waals surface area contributed by atoms with Crippen LogP contribution in [-0.4, -0.2) is 16.1 Å². The van der Waals surface area contributed by atoms with Gasteiger partial charge in [0.2, 0.25) is 0 Å². The van der Waals surface area contributed by atoms with Crippen LogP contribution in [0.5, 0.6) is 11.5 Å². The van der Waals surface area contributed by atoms with E-state index in [-0.39, 0.29) is 0 Å². The SMILES string of the molecule is O=C(O)/C=C/c1ccc2cccc(Oc3ccccc3)c2n1. The molecule has 108 valence electrons. The van der Waals surface area contributed by atoms with Crippen molar-refractivity contribution in [2.45, 2.75) is 0 Å². The zero-order chi connectivity index (χ0) is 15.4. The number of ether oxygens (including phenoxy) is 1. The van der Waals surface area contributed by atoms with Gasteiger partial charge in [-0.3, -0.25) is 0 Å². The molecule has 1 heterocycles. The van der Waals surface area contributed by atoms with Gasteiger partial charge in [0.1, 0.15) is 11.3 Å². The molecule has 0 fully saturated rings. The third-order valence-electron chi connectivity index (χ3n) is 3.07. The maximum absolute atomic E-state index is 10.6. The van der Waals surface area contributed by atoms with Crippen molar-refractivity contribution in [1.82, 2.24) is 4.98 Å². The minimum Gasteiger partial charge on any atom is -0.478 e. The lowest BCUT2D eigenvalue weighted by Gasteiger charge is -2.08. The molecule has 3 aromatic rings. The second kappa shape index (κ2) is 6.10. The maximum atomic E-state index is 10.6. The van der Waals surface area contributed by atoms with Gasteiger partial charge in [-0.1, -0.05) is 36.4 Å². The van der Waals surface area contributed by atoms with Crippen LogP contribution in [0.3, 0.4) is 0 Å². The molecule has 0 atom stereocenters. The highest BCUT2D eigenvalue weighted by atomic mass is 16.5. The van der Waals surface area contributed by atoms with E-state index in [0.29, 0.717) is 17.0 Å². The van der Waals surface area contributed by atoms with Crippen molar-refractivity contribution in [3.05, 3.63) is 72.4 Å². The molecule has 0 spiro atoms. The largest absolute Gasteiger partial charge is 0.478 e. The van der Waals surface area contributed by atoms with Crippen molar-refractivity contribution >= 4 is 22.9 Å². The van der Waals surface area contributed by atoms with Gasteiger partial charge in [-0.15, -0.1) is 0 Å². The summed E-state index contributed by atoms with van der Waals surface area (Å²) in [6.07, 6.45) is 2.52. The Hall–Kier alpha value is -3.14. The summed E-state index contributed by atoms with van der Waals surface area (Å²) in [6.45, 7) is 0. The Bertz CT molecular complexity index is 841. The zero-order valence-electron chi connectivity index (χ0n) is 11.6. The van der Waals surface area contributed by atoms with Crippen LogP contribution in [0, 0.1) is 0 Å². The number of benzene rings is 2. The lowest BCUT2D eigenvalue weighted by molar-refractivity contribution is -0.131. The summed E-state index contributed by atoms with van der Waals surface area (Å²) < 4.78 is 5.87. The van der Waals surface area contributed by atoms with E-state index in [1.165, 1.54) is 6.08 Å². The molecule has 2 aromatic carbocycles. The van der Waals surface area contributed by atoms with E-state index in [9.17, 15) is 4.79 Å². The molecule has 0 unspecified atom stereocenters. The first kappa shape index (κ1) is 13.8. The topological polar surface area (TPSA) is 59.4 Å². The van der Waals surface area contributed by atoms with Gasteiger partial charge in [-0.25, -0.2) is 9.78 Å². The lowest BCUT2D eigenvalue weighted by atomic mass is 10.2. The van der Waals surface area contributed by atoms with E-state index >= 15 is 0 Å². The van der Waals surface area contributed by atoms with E-state index in [0.717, 1.165) is 17.2 Å². The highest BCUT2D eigenvalue weighted by Crippen LogP contribution is 2.28. The Balaban J connectivity index is 2.02. The van der Waals surface area contributed by atoms with Crippen LogP contribution < -0.4 is 4.74 Å². The Kier molecular flexibility index (Phi) is 3.83. The quantitative estimate of drug-likeness (QED) is 0.734. The molecule has 3 rings (SSSR count). The van der Waals surface area contributed by atoms with Crippen LogP contribution in [0.4, 0.5) is 0 Å². The molecule has 4 heteroatoms. The van der Waals surface area contributed by atoms with E-state index in [4.69, 9.17) is 9.84 Å². The van der Waals surface area contributed by atoms with E-state index in [1.54, 1.807) is 6.07 Å². The van der Waals surface area contributed by atoms with Crippen LogP contribution in [0.15, 0.2) is 66.7 Å². The van der Waals surface area contributed by atoms with Gasteiger partial charge in [-0.2, -0.15) is 0 Å². The fourth-order valence-corrected chi connectivity index (χ4v) is 2.08. The first-order valence-corrected chi connectivity index (χ1v) is 6.76. The summed E-state index contributed by atoms with van der Waals surface area (Å²) in [5.74, 6) is 0.355. The second-order valence-electron chi connectivity index (χ2n) is 4.65. The fourth-order valence-electron chi connectivity index (χ4n) is 2.08. The number of carboxylic acids is 1. The molecular formula is C18H13NO3. The van der Waals surface area contributed by atoms with Crippen LogP contribution >= 0.6 is 0 Å². The summed E-state index contributed by atoms with van der Waals surface area (Å²) in [5.41, 5.74) is 1.26. The number of hydrogen-bond donors (Lipinski definition) is 1. The third-order valence-corrected chi connectivity index (χ3v) is 3.07. The number of carboxylic acid groups (broad SMARTS) is 1. The summed E-state index contributed by atoms with van der Waals surface area (Å²) in [7, 11) is 0. The number of para-hydroxylation sites is 2. The Morgan fingerprint density at radius 1 is 1.00 bits per heavy atom. The predicted molar refractivity (Wildman–Crippen MR) is 84.9 cm³/mol. The van der Waals surface area contributed by atoms with Gasteiger partial charge >= 0.3 is 5.97 Å². The highest BCUT2D eigenvalue weighted by Gasteiger charge is 2.05. The average molecular weight is 291 g/mol. The van der Waals surface area contributed by atoms with Crippen molar-refractivity contribution < 1.29 is 14.6 Å². The number of pyridine rings is 1. The molecule has 0 saturated heterocycles. The Labute approximate surface area is 127 Å². The van der Waals surface area contributed by atoms with Crippen molar-refractivity contribution in [3.8, 4) is 11.5 Å².